The molecule has 0 aliphatic rings. The van der Waals surface area contributed by atoms with E-state index in [-0.39, 0.29) is 11.4 Å². The average Bonchev–Trinajstić information content (AvgIpc) is 2.28. The van der Waals surface area contributed by atoms with Gasteiger partial charge in [-0.3, -0.25) is 10.1 Å². The number of rotatable bonds is 6. The van der Waals surface area contributed by atoms with Crippen LogP contribution in [0.5, 0.6) is 0 Å². The van der Waals surface area contributed by atoms with Gasteiger partial charge in [-0.05, 0) is 6.07 Å². The monoisotopic (exact) mass is 274 g/mol. The molecule has 0 saturated carbocycles. The van der Waals surface area contributed by atoms with Crippen molar-refractivity contribution in [2.75, 3.05) is 27.2 Å². The minimum Gasteiger partial charge on any atom is -0.339 e. The van der Waals surface area contributed by atoms with E-state index in [0.717, 1.165) is 4.90 Å². The van der Waals surface area contributed by atoms with E-state index in [1.165, 1.54) is 24.3 Å². The van der Waals surface area contributed by atoms with Crippen molar-refractivity contribution in [1.29, 1.82) is 0 Å². The fourth-order valence-electron chi connectivity index (χ4n) is 1.35. The summed E-state index contributed by atoms with van der Waals surface area (Å²) in [7, 11) is -0.0603. The highest BCUT2D eigenvalue weighted by Gasteiger charge is 2.24. The van der Waals surface area contributed by atoms with Crippen molar-refractivity contribution in [3.8, 4) is 0 Å². The van der Waals surface area contributed by atoms with Gasteiger partial charge in [-0.1, -0.05) is 12.1 Å². The second kappa shape index (κ2) is 5.89. The Hall–Kier alpha value is -1.51. The van der Waals surface area contributed by atoms with E-state index in [1.807, 2.05) is 14.1 Å². The highest BCUT2D eigenvalue weighted by Crippen LogP contribution is 2.22. The number of para-hydroxylation sites is 1. The molecule has 1 rings (SSSR count). The van der Waals surface area contributed by atoms with Gasteiger partial charge in [0.05, 0.1) is 32.1 Å². The molecule has 2 N–H and O–H groups in total. The summed E-state index contributed by atoms with van der Waals surface area (Å²) in [5.41, 5.74) is -0.415. The van der Waals surface area contributed by atoms with Gasteiger partial charge >= 0.3 is 0 Å². The molecule has 0 saturated heterocycles. The number of nitrogens with one attached hydrogen (secondary N) is 2. The van der Waals surface area contributed by atoms with E-state index in [2.05, 4.69) is 4.72 Å². The Labute approximate surface area is 106 Å². The third-order valence-electron chi connectivity index (χ3n) is 2.27. The van der Waals surface area contributed by atoms with Crippen molar-refractivity contribution in [2.24, 2.45) is 0 Å². The normalized spacial score (nSPS) is 11.7. The van der Waals surface area contributed by atoms with Crippen LogP contribution < -0.4 is 9.62 Å². The van der Waals surface area contributed by atoms with Gasteiger partial charge in [0.15, 0.2) is 4.90 Å². The zero-order valence-corrected chi connectivity index (χ0v) is 11.0. The Morgan fingerprint density at radius 2 is 1.94 bits per heavy atom. The smallest absolute Gasteiger partial charge is 0.289 e. The molecule has 1 aromatic rings. The minimum atomic E-state index is -3.84. The van der Waals surface area contributed by atoms with Crippen molar-refractivity contribution in [2.45, 2.75) is 4.90 Å². The van der Waals surface area contributed by atoms with Crippen molar-refractivity contribution >= 4 is 15.7 Å². The Kier molecular flexibility index (Phi) is 4.76. The fraction of sp³-hybridized carbons (Fsp3) is 0.400. The van der Waals surface area contributed by atoms with Crippen LogP contribution in [0.4, 0.5) is 5.69 Å². The fourth-order valence-corrected chi connectivity index (χ4v) is 2.55. The van der Waals surface area contributed by atoms with Gasteiger partial charge in [0.25, 0.3) is 5.69 Å². The second-order valence-electron chi connectivity index (χ2n) is 4.08. The Balaban J connectivity index is 2.95. The number of hydrogen-bond donors (Lipinski definition) is 2. The molecule has 7 nitrogen and oxygen atoms in total. The summed E-state index contributed by atoms with van der Waals surface area (Å²) in [6, 6.07) is 5.29. The van der Waals surface area contributed by atoms with Crippen LogP contribution in [0.1, 0.15) is 0 Å². The van der Waals surface area contributed by atoms with Gasteiger partial charge in [-0.15, -0.1) is 0 Å². The molecule has 18 heavy (non-hydrogen) atoms. The van der Waals surface area contributed by atoms with Crippen molar-refractivity contribution in [3.63, 3.8) is 0 Å². The van der Waals surface area contributed by atoms with Crippen LogP contribution in [-0.2, 0) is 10.0 Å². The van der Waals surface area contributed by atoms with Crippen LogP contribution in [-0.4, -0.2) is 40.5 Å². The number of sulfonamides is 1. The topological polar surface area (TPSA) is 93.8 Å². The van der Waals surface area contributed by atoms with E-state index in [1.54, 1.807) is 0 Å². The number of likely N-dealkylation sites (N-methyl/N-ethyl adjacent to an activating group) is 1. The maximum Gasteiger partial charge on any atom is 0.289 e. The highest BCUT2D eigenvalue weighted by atomic mass is 32.2. The molecule has 0 spiro atoms. The summed E-state index contributed by atoms with van der Waals surface area (Å²) in [5, 5.41) is 10.8. The molecular formula is C10H16N3O4S+. The molecule has 0 radical (unpaired) electrons. The first kappa shape index (κ1) is 14.6. The van der Waals surface area contributed by atoms with Crippen LogP contribution >= 0.6 is 0 Å². The molecule has 0 aromatic heterocycles. The van der Waals surface area contributed by atoms with Crippen LogP contribution in [0.25, 0.3) is 0 Å². The molecule has 0 aliphatic heterocycles. The maximum absolute atomic E-state index is 11.9. The third kappa shape index (κ3) is 3.76. The standard InChI is InChI=1S/C10H15N3O4S/c1-12(2)8-7-11-18(16,17)10-6-4-3-5-9(10)13(14)15/h3-6,11H,7-8H2,1-2H3/p+1. The third-order valence-corrected chi connectivity index (χ3v) is 3.78. The summed E-state index contributed by atoms with van der Waals surface area (Å²) in [6.07, 6.45) is 0. The van der Waals surface area contributed by atoms with Gasteiger partial charge in [0.1, 0.15) is 0 Å². The summed E-state index contributed by atoms with van der Waals surface area (Å²) in [4.78, 5) is 10.8. The Morgan fingerprint density at radius 3 is 2.50 bits per heavy atom. The quantitative estimate of drug-likeness (QED) is 0.515. The van der Waals surface area contributed by atoms with Crippen molar-refractivity contribution in [3.05, 3.63) is 34.4 Å². The molecule has 0 amide bonds. The second-order valence-corrected chi connectivity index (χ2v) is 5.82. The van der Waals surface area contributed by atoms with Gasteiger partial charge in [-0.25, -0.2) is 13.1 Å². The van der Waals surface area contributed by atoms with Gasteiger partial charge in [0, 0.05) is 6.07 Å². The van der Waals surface area contributed by atoms with Gasteiger partial charge < -0.3 is 4.90 Å². The number of nitro benzene ring substituents is 1. The maximum atomic E-state index is 11.9. The lowest BCUT2D eigenvalue weighted by molar-refractivity contribution is -0.856. The Morgan fingerprint density at radius 1 is 1.33 bits per heavy atom. The predicted octanol–water partition coefficient (Wildman–Crippen LogP) is -0.982. The molecule has 100 valence electrons. The number of nitrogens with zero attached hydrogens (tertiary/aromatic N) is 1. The van der Waals surface area contributed by atoms with Crippen molar-refractivity contribution < 1.29 is 18.2 Å². The Bertz CT molecular complexity index is 528. The molecule has 0 bridgehead atoms. The van der Waals surface area contributed by atoms with E-state index >= 15 is 0 Å². The molecule has 0 fully saturated rings. The highest BCUT2D eigenvalue weighted by molar-refractivity contribution is 7.89. The van der Waals surface area contributed by atoms with Crippen molar-refractivity contribution in [1.82, 2.24) is 4.72 Å². The lowest BCUT2D eigenvalue weighted by Gasteiger charge is -2.09. The van der Waals surface area contributed by atoms with Crippen LogP contribution in [0.15, 0.2) is 29.2 Å². The summed E-state index contributed by atoms with van der Waals surface area (Å²) < 4.78 is 26.2. The van der Waals surface area contributed by atoms with E-state index in [0.29, 0.717) is 6.54 Å². The molecule has 0 unspecified atom stereocenters. The summed E-state index contributed by atoms with van der Waals surface area (Å²) in [5.74, 6) is 0. The summed E-state index contributed by atoms with van der Waals surface area (Å²) in [6.45, 7) is 0.830. The summed E-state index contributed by atoms with van der Waals surface area (Å²) >= 11 is 0. The first-order valence-electron chi connectivity index (χ1n) is 5.36. The van der Waals surface area contributed by atoms with Gasteiger partial charge in [0.2, 0.25) is 10.0 Å². The molecule has 0 atom stereocenters. The first-order chi connectivity index (χ1) is 8.34. The average molecular weight is 274 g/mol. The predicted molar refractivity (Wildman–Crippen MR) is 66.0 cm³/mol. The largest absolute Gasteiger partial charge is 0.339 e. The lowest BCUT2D eigenvalue weighted by atomic mass is 10.3. The van der Waals surface area contributed by atoms with Crippen LogP contribution in [0, 0.1) is 10.1 Å². The number of benzene rings is 1. The molecule has 8 heteroatoms. The number of quaternary nitrogens is 1. The SMILES string of the molecule is C[NH+](C)CCNS(=O)(=O)c1ccccc1[N+](=O)[O-]. The van der Waals surface area contributed by atoms with E-state index < -0.39 is 20.6 Å². The lowest BCUT2D eigenvalue weighted by Crippen LogP contribution is -3.06. The molecule has 0 aliphatic carbocycles. The molecule has 1 aromatic carbocycles. The minimum absolute atomic E-state index is 0.233. The van der Waals surface area contributed by atoms with E-state index in [9.17, 15) is 18.5 Å². The zero-order valence-electron chi connectivity index (χ0n) is 10.2. The molecule has 0 heterocycles. The number of nitro groups is 1. The molecular weight excluding hydrogens is 258 g/mol. The zero-order chi connectivity index (χ0) is 13.8. The van der Waals surface area contributed by atoms with Gasteiger partial charge in [-0.2, -0.15) is 0 Å². The first-order valence-corrected chi connectivity index (χ1v) is 6.85. The van der Waals surface area contributed by atoms with Crippen LogP contribution in [0.2, 0.25) is 0 Å². The number of hydrogen-bond acceptors (Lipinski definition) is 4. The van der Waals surface area contributed by atoms with E-state index in [4.69, 9.17) is 0 Å². The van der Waals surface area contributed by atoms with Crippen LogP contribution in [0.3, 0.4) is 0 Å².